The van der Waals surface area contributed by atoms with Crippen molar-refractivity contribution in [3.63, 3.8) is 0 Å². The van der Waals surface area contributed by atoms with E-state index in [0.29, 0.717) is 0 Å². The molecule has 2 N–H and O–H groups in total. The van der Waals surface area contributed by atoms with Gasteiger partial charge in [0.1, 0.15) is 18.3 Å². The molecule has 3 rings (SSSR count). The molecule has 0 aliphatic carbocycles. The molecule has 0 spiro atoms. The van der Waals surface area contributed by atoms with E-state index in [1.165, 1.54) is 24.4 Å². The highest BCUT2D eigenvalue weighted by Crippen LogP contribution is 2.35. The number of carbonyl (C=O) groups is 1. The Morgan fingerprint density at radius 2 is 2.09 bits per heavy atom. The lowest BCUT2D eigenvalue weighted by Crippen LogP contribution is -2.15. The van der Waals surface area contributed by atoms with Crippen molar-refractivity contribution in [1.82, 2.24) is 25.0 Å². The van der Waals surface area contributed by atoms with Crippen molar-refractivity contribution in [1.29, 1.82) is 0 Å². The third-order valence-electron chi connectivity index (χ3n) is 2.97. The van der Waals surface area contributed by atoms with Crippen LogP contribution >= 0.6 is 0 Å². The predicted molar refractivity (Wildman–Crippen MR) is 72.9 cm³/mol. The molecule has 3 aromatic rings. The average molecular weight is 322 g/mol. The molecule has 1 aromatic carbocycles. The number of hydrogen-bond donors (Lipinski definition) is 2. The standard InChI is InChI=1S/C13H9F3N6O/c14-13(15,16)9-5-8(20-12(23)10-3-4-18-21-10)1-2-11(9)22-7-17-6-19-22/h1-7H,(H,18,21)(H,20,23). The normalized spacial score (nSPS) is 11.4. The molecule has 2 aromatic heterocycles. The first-order chi connectivity index (χ1) is 10.9. The highest BCUT2D eigenvalue weighted by Gasteiger charge is 2.34. The van der Waals surface area contributed by atoms with E-state index in [1.807, 2.05) is 0 Å². The summed E-state index contributed by atoms with van der Waals surface area (Å²) >= 11 is 0. The SMILES string of the molecule is O=C(Nc1ccc(-n2cncn2)c(C(F)(F)F)c1)c1ccn[nH]1. The zero-order valence-electron chi connectivity index (χ0n) is 11.4. The molecule has 2 heterocycles. The number of benzene rings is 1. The summed E-state index contributed by atoms with van der Waals surface area (Å²) in [6.45, 7) is 0. The van der Waals surface area contributed by atoms with E-state index in [4.69, 9.17) is 0 Å². The van der Waals surface area contributed by atoms with E-state index < -0.39 is 17.6 Å². The fourth-order valence-electron chi connectivity index (χ4n) is 1.95. The number of nitrogens with one attached hydrogen (secondary N) is 2. The van der Waals surface area contributed by atoms with Crippen molar-refractivity contribution in [2.45, 2.75) is 6.18 Å². The first-order valence-electron chi connectivity index (χ1n) is 6.32. The first-order valence-corrected chi connectivity index (χ1v) is 6.32. The number of anilines is 1. The second kappa shape index (κ2) is 5.55. The molecule has 1 amide bonds. The first kappa shape index (κ1) is 14.8. The smallest absolute Gasteiger partial charge is 0.321 e. The minimum absolute atomic E-state index is 0.000732. The van der Waals surface area contributed by atoms with E-state index >= 15 is 0 Å². The number of aromatic amines is 1. The summed E-state index contributed by atoms with van der Waals surface area (Å²) < 4.78 is 40.7. The Bertz CT molecular complexity index is 811. The molecule has 0 bridgehead atoms. The molecule has 7 nitrogen and oxygen atoms in total. The van der Waals surface area contributed by atoms with E-state index in [1.54, 1.807) is 0 Å². The largest absolute Gasteiger partial charge is 0.418 e. The van der Waals surface area contributed by atoms with Gasteiger partial charge in [-0.15, -0.1) is 0 Å². The molecule has 23 heavy (non-hydrogen) atoms. The van der Waals surface area contributed by atoms with Crippen LogP contribution in [0.15, 0.2) is 43.1 Å². The van der Waals surface area contributed by atoms with Gasteiger partial charge in [-0.25, -0.2) is 9.67 Å². The van der Waals surface area contributed by atoms with Crippen molar-refractivity contribution in [3.05, 3.63) is 54.4 Å². The van der Waals surface area contributed by atoms with Gasteiger partial charge in [0.2, 0.25) is 0 Å². The second-order valence-corrected chi connectivity index (χ2v) is 4.49. The molecule has 118 valence electrons. The molecule has 0 aliphatic rings. The van der Waals surface area contributed by atoms with Gasteiger partial charge < -0.3 is 5.32 Å². The van der Waals surface area contributed by atoms with Gasteiger partial charge in [-0.3, -0.25) is 9.89 Å². The Labute approximate surface area is 127 Å². The summed E-state index contributed by atoms with van der Waals surface area (Å²) in [5, 5.41) is 12.1. The molecule has 0 radical (unpaired) electrons. The maximum absolute atomic E-state index is 13.2. The van der Waals surface area contributed by atoms with Gasteiger partial charge >= 0.3 is 6.18 Å². The van der Waals surface area contributed by atoms with Crippen molar-refractivity contribution in [2.75, 3.05) is 5.32 Å². The van der Waals surface area contributed by atoms with Gasteiger partial charge in [0.25, 0.3) is 5.91 Å². The molecule has 0 aliphatic heterocycles. The molecule has 0 saturated heterocycles. The van der Waals surface area contributed by atoms with Crippen LogP contribution < -0.4 is 5.32 Å². The third kappa shape index (κ3) is 3.05. The summed E-state index contributed by atoms with van der Waals surface area (Å²) in [6, 6.07) is 4.80. The van der Waals surface area contributed by atoms with Crippen LogP contribution in [0, 0.1) is 0 Å². The number of aromatic nitrogens is 5. The number of carbonyl (C=O) groups excluding carboxylic acids is 1. The van der Waals surface area contributed by atoms with E-state index in [-0.39, 0.29) is 17.1 Å². The number of alkyl halides is 3. The molecule has 0 fully saturated rings. The monoisotopic (exact) mass is 322 g/mol. The fourth-order valence-corrected chi connectivity index (χ4v) is 1.95. The lowest BCUT2D eigenvalue weighted by molar-refractivity contribution is -0.137. The Morgan fingerprint density at radius 3 is 2.70 bits per heavy atom. The van der Waals surface area contributed by atoms with E-state index in [0.717, 1.165) is 23.4 Å². The zero-order valence-corrected chi connectivity index (χ0v) is 11.4. The van der Waals surface area contributed by atoms with Crippen LogP contribution in [0.1, 0.15) is 16.1 Å². The van der Waals surface area contributed by atoms with Crippen molar-refractivity contribution in [3.8, 4) is 5.69 Å². The molecule has 0 atom stereocenters. The fraction of sp³-hybridized carbons (Fsp3) is 0.0769. The van der Waals surface area contributed by atoms with Crippen molar-refractivity contribution >= 4 is 11.6 Å². The molecule has 0 saturated carbocycles. The number of nitrogens with zero attached hydrogens (tertiary/aromatic N) is 4. The topological polar surface area (TPSA) is 88.5 Å². The van der Waals surface area contributed by atoms with Crippen molar-refractivity contribution < 1.29 is 18.0 Å². The number of H-pyrrole nitrogens is 1. The third-order valence-corrected chi connectivity index (χ3v) is 2.97. The lowest BCUT2D eigenvalue weighted by Gasteiger charge is -2.14. The number of rotatable bonds is 3. The van der Waals surface area contributed by atoms with Crippen LogP contribution in [0.3, 0.4) is 0 Å². The van der Waals surface area contributed by atoms with Crippen LogP contribution in [0.5, 0.6) is 0 Å². The van der Waals surface area contributed by atoms with Gasteiger partial charge in [0.15, 0.2) is 0 Å². The summed E-state index contributed by atoms with van der Waals surface area (Å²) in [5.74, 6) is -0.593. The van der Waals surface area contributed by atoms with Gasteiger partial charge in [0.05, 0.1) is 11.3 Å². The van der Waals surface area contributed by atoms with Crippen molar-refractivity contribution in [2.24, 2.45) is 0 Å². The second-order valence-electron chi connectivity index (χ2n) is 4.49. The van der Waals surface area contributed by atoms with E-state index in [9.17, 15) is 18.0 Å². The highest BCUT2D eigenvalue weighted by atomic mass is 19.4. The van der Waals surface area contributed by atoms with Crippen LogP contribution in [-0.4, -0.2) is 30.9 Å². The Balaban J connectivity index is 1.96. The van der Waals surface area contributed by atoms with E-state index in [2.05, 4.69) is 25.6 Å². The van der Waals surface area contributed by atoms with Crippen LogP contribution in [-0.2, 0) is 6.18 Å². The Kier molecular flexibility index (Phi) is 3.56. The number of halogens is 3. The summed E-state index contributed by atoms with van der Waals surface area (Å²) in [5.41, 5.74) is -0.986. The van der Waals surface area contributed by atoms with Gasteiger partial charge in [-0.1, -0.05) is 0 Å². The minimum Gasteiger partial charge on any atom is -0.321 e. The summed E-state index contributed by atoms with van der Waals surface area (Å²) in [4.78, 5) is 15.5. The van der Waals surface area contributed by atoms with Crippen LogP contribution in [0.2, 0.25) is 0 Å². The highest BCUT2D eigenvalue weighted by molar-refractivity contribution is 6.02. The Morgan fingerprint density at radius 1 is 1.26 bits per heavy atom. The summed E-state index contributed by atoms with van der Waals surface area (Å²) in [6.07, 6.45) is -0.957. The lowest BCUT2D eigenvalue weighted by atomic mass is 10.1. The Hall–Kier alpha value is -3.17. The maximum atomic E-state index is 13.2. The quantitative estimate of drug-likeness (QED) is 0.774. The number of hydrogen-bond acceptors (Lipinski definition) is 4. The molecular weight excluding hydrogens is 313 g/mol. The molecule has 0 unspecified atom stereocenters. The van der Waals surface area contributed by atoms with Crippen LogP contribution in [0.4, 0.5) is 18.9 Å². The summed E-state index contributed by atoms with van der Waals surface area (Å²) in [7, 11) is 0. The van der Waals surface area contributed by atoms with Gasteiger partial charge in [0, 0.05) is 11.9 Å². The van der Waals surface area contributed by atoms with Gasteiger partial charge in [-0.05, 0) is 24.3 Å². The maximum Gasteiger partial charge on any atom is 0.418 e. The average Bonchev–Trinajstić information content (AvgIpc) is 3.20. The zero-order chi connectivity index (χ0) is 16.4. The predicted octanol–water partition coefficient (Wildman–Crippen LogP) is 2.26. The van der Waals surface area contributed by atoms with Crippen LogP contribution in [0.25, 0.3) is 5.69 Å². The molecular formula is C13H9F3N6O. The minimum atomic E-state index is -4.62. The van der Waals surface area contributed by atoms with Gasteiger partial charge in [-0.2, -0.15) is 23.4 Å². The molecule has 10 heteroatoms. The number of amides is 1.